The monoisotopic (exact) mass is 433 g/mol. The SMILES string of the molecule is Cc1oc([SH](N)(=O)NC(=O)Nc2c3c(cc4c2C(C)CC4)CCC3)cc1C(C)(C)O. The Kier molecular flexibility index (Phi) is 5.07. The van der Waals surface area contributed by atoms with E-state index in [0.29, 0.717) is 17.2 Å². The largest absolute Gasteiger partial charge is 0.451 e. The van der Waals surface area contributed by atoms with Crippen molar-refractivity contribution in [2.75, 3.05) is 5.32 Å². The molecule has 2 amide bonds. The van der Waals surface area contributed by atoms with E-state index in [1.165, 1.54) is 28.3 Å². The van der Waals surface area contributed by atoms with Gasteiger partial charge >= 0.3 is 6.03 Å². The molecule has 0 spiro atoms. The van der Waals surface area contributed by atoms with E-state index in [4.69, 9.17) is 9.56 Å². The number of benzene rings is 1. The molecule has 1 aromatic heterocycles. The molecule has 4 rings (SSSR count). The van der Waals surface area contributed by atoms with Gasteiger partial charge in [0, 0.05) is 17.3 Å². The van der Waals surface area contributed by atoms with Gasteiger partial charge in [0.2, 0.25) is 0 Å². The fourth-order valence-corrected chi connectivity index (χ4v) is 5.90. The minimum atomic E-state index is -3.81. The van der Waals surface area contributed by atoms with Gasteiger partial charge in [0.25, 0.3) is 0 Å². The third kappa shape index (κ3) is 3.68. The average Bonchev–Trinajstić information content (AvgIpc) is 3.32. The third-order valence-corrected chi connectivity index (χ3v) is 7.67. The van der Waals surface area contributed by atoms with E-state index in [0.717, 1.165) is 37.8 Å². The van der Waals surface area contributed by atoms with Crippen molar-refractivity contribution in [1.82, 2.24) is 4.72 Å². The van der Waals surface area contributed by atoms with Crippen LogP contribution in [0.4, 0.5) is 10.5 Å². The second-order valence-corrected chi connectivity index (χ2v) is 11.1. The number of nitrogens with two attached hydrogens (primary N) is 1. The minimum absolute atomic E-state index is 0.0378. The first-order valence-electron chi connectivity index (χ1n) is 10.5. The summed E-state index contributed by atoms with van der Waals surface area (Å²) in [4.78, 5) is 12.8. The second-order valence-electron chi connectivity index (χ2n) is 9.09. The fourth-order valence-electron chi connectivity index (χ4n) is 4.84. The molecule has 1 heterocycles. The first-order valence-corrected chi connectivity index (χ1v) is 12.2. The minimum Gasteiger partial charge on any atom is -0.451 e. The summed E-state index contributed by atoms with van der Waals surface area (Å²) in [6.07, 6.45) is 5.10. The molecule has 0 saturated heterocycles. The normalized spacial score (nSPS) is 18.8. The van der Waals surface area contributed by atoms with Crippen LogP contribution in [0.5, 0.6) is 0 Å². The van der Waals surface area contributed by atoms with E-state index in [1.807, 2.05) is 0 Å². The molecule has 5 N–H and O–H groups in total. The molecule has 30 heavy (non-hydrogen) atoms. The van der Waals surface area contributed by atoms with Crippen LogP contribution in [-0.4, -0.2) is 15.3 Å². The lowest BCUT2D eigenvalue weighted by Gasteiger charge is -2.22. The zero-order chi connectivity index (χ0) is 21.8. The summed E-state index contributed by atoms with van der Waals surface area (Å²) in [6, 6.07) is 3.14. The Labute approximate surface area is 178 Å². The van der Waals surface area contributed by atoms with Gasteiger partial charge < -0.3 is 14.8 Å². The summed E-state index contributed by atoms with van der Waals surface area (Å²) in [6.45, 7) is 7.05. The molecule has 0 radical (unpaired) electrons. The van der Waals surface area contributed by atoms with E-state index in [1.54, 1.807) is 20.8 Å². The van der Waals surface area contributed by atoms with Crippen molar-refractivity contribution in [2.45, 2.75) is 76.4 Å². The van der Waals surface area contributed by atoms with Gasteiger partial charge in [-0.05, 0) is 81.0 Å². The van der Waals surface area contributed by atoms with E-state index in [9.17, 15) is 14.1 Å². The highest BCUT2D eigenvalue weighted by Gasteiger charge is 2.31. The van der Waals surface area contributed by atoms with Crippen LogP contribution in [0, 0.1) is 6.92 Å². The van der Waals surface area contributed by atoms with Crippen LogP contribution in [0.15, 0.2) is 21.6 Å². The van der Waals surface area contributed by atoms with Crippen molar-refractivity contribution in [3.05, 3.63) is 45.7 Å². The standard InChI is InChI=1S/C22H31N3O4S/c1-12-8-9-15-10-14-6-5-7-16(14)20(19(12)15)24-21(26)25-30(23,28)18-11-17(13(2)29-18)22(3,4)27/h10-12,27,30H,5-9H2,1-4H3,(H4,23,24,25,26,28). The highest BCUT2D eigenvalue weighted by Crippen LogP contribution is 2.43. The van der Waals surface area contributed by atoms with Crippen LogP contribution in [0.2, 0.25) is 0 Å². The number of hydrogen-bond donors (Lipinski definition) is 5. The molecule has 1 aromatic carbocycles. The summed E-state index contributed by atoms with van der Waals surface area (Å²) in [5.74, 6) is 0.783. The van der Waals surface area contributed by atoms with Gasteiger partial charge in [0.05, 0.1) is 15.9 Å². The predicted molar refractivity (Wildman–Crippen MR) is 118 cm³/mol. The third-order valence-electron chi connectivity index (χ3n) is 6.26. The van der Waals surface area contributed by atoms with Crippen molar-refractivity contribution < 1.29 is 18.5 Å². The molecule has 2 aliphatic carbocycles. The molecular weight excluding hydrogens is 402 g/mol. The number of carbonyl (C=O) groups is 1. The number of thiol groups is 1. The van der Waals surface area contributed by atoms with E-state index in [2.05, 4.69) is 23.0 Å². The Bertz CT molecular complexity index is 1070. The number of hydrogen-bond acceptors (Lipinski definition) is 4. The molecule has 8 heteroatoms. The topological polar surface area (TPSA) is 118 Å². The first-order chi connectivity index (χ1) is 14.0. The molecule has 0 aliphatic heterocycles. The number of amides is 2. The molecule has 1 atom stereocenters. The van der Waals surface area contributed by atoms with E-state index >= 15 is 0 Å². The number of aliphatic hydroxyl groups is 1. The van der Waals surface area contributed by atoms with Crippen LogP contribution >= 0.6 is 0 Å². The lowest BCUT2D eigenvalue weighted by Crippen LogP contribution is -2.45. The maximum atomic E-state index is 13.1. The number of furan rings is 1. The van der Waals surface area contributed by atoms with Crippen LogP contribution in [0.25, 0.3) is 0 Å². The lowest BCUT2D eigenvalue weighted by molar-refractivity contribution is 0.0769. The van der Waals surface area contributed by atoms with Gasteiger partial charge in [0.1, 0.15) is 5.76 Å². The summed E-state index contributed by atoms with van der Waals surface area (Å²) in [5.41, 5.74) is 5.14. The van der Waals surface area contributed by atoms with Crippen molar-refractivity contribution in [2.24, 2.45) is 5.14 Å². The summed E-state index contributed by atoms with van der Waals surface area (Å²) in [5, 5.41) is 19.1. The summed E-state index contributed by atoms with van der Waals surface area (Å²) in [7, 11) is -3.81. The number of urea groups is 1. The molecular formula is C22H31N3O4S. The molecule has 0 bridgehead atoms. The number of aryl methyl sites for hydroxylation is 3. The highest BCUT2D eigenvalue weighted by molar-refractivity contribution is 7.99. The van der Waals surface area contributed by atoms with Crippen molar-refractivity contribution in [1.29, 1.82) is 0 Å². The van der Waals surface area contributed by atoms with Gasteiger partial charge in [0.15, 0.2) is 5.09 Å². The average molecular weight is 434 g/mol. The Morgan fingerprint density at radius 1 is 1.27 bits per heavy atom. The van der Waals surface area contributed by atoms with Crippen molar-refractivity contribution in [3.8, 4) is 0 Å². The summed E-state index contributed by atoms with van der Waals surface area (Å²) >= 11 is 0. The number of fused-ring (bicyclic) bond motifs is 2. The fraction of sp³-hybridized carbons (Fsp3) is 0.500. The van der Waals surface area contributed by atoms with Crippen LogP contribution in [0.3, 0.4) is 0 Å². The molecule has 2 aliphatic rings. The predicted octanol–water partition coefficient (Wildman–Crippen LogP) is 3.34. The summed E-state index contributed by atoms with van der Waals surface area (Å²) < 4.78 is 21.0. The molecule has 1 unspecified atom stereocenters. The molecule has 164 valence electrons. The molecule has 0 saturated carbocycles. The van der Waals surface area contributed by atoms with Crippen LogP contribution in [-0.2, 0) is 35.2 Å². The highest BCUT2D eigenvalue weighted by atomic mass is 32.3. The van der Waals surface area contributed by atoms with Gasteiger partial charge in [-0.2, -0.15) is 0 Å². The number of rotatable bonds is 4. The van der Waals surface area contributed by atoms with Gasteiger partial charge in [-0.3, -0.25) is 9.86 Å². The lowest BCUT2D eigenvalue weighted by atomic mass is 9.95. The Morgan fingerprint density at radius 3 is 2.67 bits per heavy atom. The first kappa shape index (κ1) is 21.1. The molecule has 7 nitrogen and oxygen atoms in total. The van der Waals surface area contributed by atoms with E-state index in [-0.39, 0.29) is 5.09 Å². The Morgan fingerprint density at radius 2 is 2.00 bits per heavy atom. The van der Waals surface area contributed by atoms with Crippen molar-refractivity contribution >= 4 is 22.0 Å². The van der Waals surface area contributed by atoms with Gasteiger partial charge in [-0.25, -0.2) is 9.00 Å². The maximum absolute atomic E-state index is 13.1. The number of anilines is 1. The Balaban J connectivity index is 1.60. The smallest absolute Gasteiger partial charge is 0.330 e. The zero-order valence-corrected chi connectivity index (χ0v) is 18.9. The second kappa shape index (κ2) is 7.21. The quantitative estimate of drug-likeness (QED) is 0.475. The van der Waals surface area contributed by atoms with Gasteiger partial charge in [-0.15, -0.1) is 0 Å². The molecule has 2 aromatic rings. The van der Waals surface area contributed by atoms with Gasteiger partial charge in [-0.1, -0.05) is 13.0 Å². The Hall–Kier alpha value is -2.16. The zero-order valence-electron chi connectivity index (χ0n) is 18.0. The number of carbonyl (C=O) groups excluding carboxylic acids is 1. The van der Waals surface area contributed by atoms with Crippen LogP contribution < -0.4 is 15.2 Å². The molecule has 0 fully saturated rings. The van der Waals surface area contributed by atoms with E-state index < -0.39 is 21.9 Å². The maximum Gasteiger partial charge on any atom is 0.330 e. The van der Waals surface area contributed by atoms with Crippen LogP contribution in [0.1, 0.15) is 73.1 Å². The van der Waals surface area contributed by atoms with Crippen molar-refractivity contribution in [3.63, 3.8) is 0 Å². The number of nitrogens with one attached hydrogen (secondary N) is 2.